The van der Waals surface area contributed by atoms with Crippen molar-refractivity contribution in [2.45, 2.75) is 37.6 Å². The second kappa shape index (κ2) is 6.39. The Hall–Kier alpha value is -1.42. The van der Waals surface area contributed by atoms with Crippen LogP contribution in [0.4, 0.5) is 22.0 Å². The molecule has 140 valence electrons. The molecule has 4 nitrogen and oxygen atoms in total. The summed E-state index contributed by atoms with van der Waals surface area (Å²) in [4.78, 5) is 11.9. The van der Waals surface area contributed by atoms with Crippen LogP contribution in [-0.4, -0.2) is 36.1 Å². The summed E-state index contributed by atoms with van der Waals surface area (Å²) in [7, 11) is 0.956. The lowest BCUT2D eigenvalue weighted by molar-refractivity contribution is -0.274. The maximum atomic E-state index is 13.8. The van der Waals surface area contributed by atoms with Gasteiger partial charge in [0, 0.05) is 17.4 Å². The maximum absolute atomic E-state index is 13.8. The van der Waals surface area contributed by atoms with E-state index in [0.717, 1.165) is 27.0 Å². The molecule has 10 heteroatoms. The number of phenolic OH excluding ortho intramolecular Hbond substituents is 1. The number of hydrogen-bond acceptors (Lipinski definition) is 4. The number of rotatable bonds is 2. The fourth-order valence-corrected chi connectivity index (χ4v) is 3.40. The van der Waals surface area contributed by atoms with Gasteiger partial charge in [-0.05, 0) is 28.9 Å². The number of phenols is 1. The normalized spacial score (nSPS) is 29.7. The fraction of sp³-hybridized carbons (Fsp3) is 0.533. The van der Waals surface area contributed by atoms with Crippen molar-refractivity contribution in [1.29, 1.82) is 0 Å². The predicted octanol–water partition coefficient (Wildman–Crippen LogP) is 4.05. The minimum absolute atomic E-state index is 0.387. The van der Waals surface area contributed by atoms with Crippen molar-refractivity contribution in [3.05, 3.63) is 27.7 Å². The van der Waals surface area contributed by atoms with Gasteiger partial charge in [0.1, 0.15) is 0 Å². The fourth-order valence-electron chi connectivity index (χ4n) is 2.98. The van der Waals surface area contributed by atoms with E-state index < -0.39 is 57.5 Å². The monoisotopic (exact) mass is 432 g/mol. The molecular weight excluding hydrogens is 419 g/mol. The largest absolute Gasteiger partial charge is 0.505 e. The highest BCUT2D eigenvalue weighted by Crippen LogP contribution is 2.55. The second-order valence-corrected chi connectivity index (χ2v) is 6.76. The zero-order chi connectivity index (χ0) is 19.3. The van der Waals surface area contributed by atoms with E-state index in [1.54, 1.807) is 0 Å². The molecule has 0 radical (unpaired) electrons. The molecule has 0 bridgehead atoms. The molecule has 1 heterocycles. The van der Waals surface area contributed by atoms with Crippen molar-refractivity contribution in [3.8, 4) is 5.75 Å². The van der Waals surface area contributed by atoms with Gasteiger partial charge < -0.3 is 14.6 Å². The molecule has 0 spiro atoms. The molecule has 0 saturated carbocycles. The van der Waals surface area contributed by atoms with Crippen molar-refractivity contribution in [2.75, 3.05) is 7.11 Å². The van der Waals surface area contributed by atoms with Crippen LogP contribution in [0.3, 0.4) is 0 Å². The van der Waals surface area contributed by atoms with Crippen LogP contribution in [0.5, 0.6) is 5.75 Å². The highest BCUT2D eigenvalue weighted by molar-refractivity contribution is 9.10. The lowest BCUT2D eigenvalue weighted by Gasteiger charge is -2.31. The molecule has 1 aromatic rings. The smallest absolute Gasteiger partial charge is 0.417 e. The minimum atomic E-state index is -4.85. The molecule has 1 aliphatic heterocycles. The molecule has 1 fully saturated rings. The lowest BCUT2D eigenvalue weighted by Crippen LogP contribution is -2.47. The molecule has 4 atom stereocenters. The first kappa shape index (κ1) is 19.9. The third-order valence-electron chi connectivity index (χ3n) is 4.63. The van der Waals surface area contributed by atoms with E-state index in [1.165, 1.54) is 0 Å². The molecule has 1 saturated heterocycles. The highest BCUT2D eigenvalue weighted by atomic mass is 79.9. The number of benzene rings is 1. The van der Waals surface area contributed by atoms with Gasteiger partial charge in [-0.15, -0.1) is 0 Å². The van der Waals surface area contributed by atoms with Crippen molar-refractivity contribution in [3.63, 3.8) is 0 Å². The third-order valence-corrected chi connectivity index (χ3v) is 5.20. The van der Waals surface area contributed by atoms with Gasteiger partial charge in [-0.3, -0.25) is 0 Å². The molecule has 0 amide bonds. The van der Waals surface area contributed by atoms with E-state index in [4.69, 9.17) is 4.74 Å². The quantitative estimate of drug-likeness (QED) is 0.435. The van der Waals surface area contributed by atoms with Crippen LogP contribution in [0.1, 0.15) is 25.3 Å². The molecular formula is C15H14BrF5O4. The van der Waals surface area contributed by atoms with Gasteiger partial charge in [-0.2, -0.15) is 17.6 Å². The van der Waals surface area contributed by atoms with Crippen LogP contribution < -0.4 is 0 Å². The zero-order valence-electron chi connectivity index (χ0n) is 13.2. The summed E-state index contributed by atoms with van der Waals surface area (Å²) in [6, 6.07) is 0.927. The van der Waals surface area contributed by atoms with Crippen LogP contribution in [0.15, 0.2) is 10.5 Å². The van der Waals surface area contributed by atoms with Crippen LogP contribution >= 0.6 is 15.9 Å². The first-order chi connectivity index (χ1) is 11.4. The van der Waals surface area contributed by atoms with E-state index in [0.29, 0.717) is 0 Å². The van der Waals surface area contributed by atoms with Crippen molar-refractivity contribution in [1.82, 2.24) is 0 Å². The summed E-state index contributed by atoms with van der Waals surface area (Å²) >= 11 is 2.73. The second-order valence-electron chi connectivity index (χ2n) is 5.91. The summed E-state index contributed by atoms with van der Waals surface area (Å²) in [5.74, 6) is -8.15. The number of aromatic hydroxyl groups is 1. The van der Waals surface area contributed by atoms with Crippen molar-refractivity contribution in [2.24, 2.45) is 5.92 Å². The molecule has 0 aromatic heterocycles. The number of ether oxygens (including phenoxy) is 2. The molecule has 2 rings (SSSR count). The summed E-state index contributed by atoms with van der Waals surface area (Å²) in [6.07, 6.45) is -6.60. The van der Waals surface area contributed by atoms with Gasteiger partial charge in [0.05, 0.1) is 11.6 Å². The molecule has 1 aromatic carbocycles. The van der Waals surface area contributed by atoms with E-state index in [-0.39, 0.29) is 5.56 Å². The first-order valence-electron chi connectivity index (χ1n) is 7.05. The van der Waals surface area contributed by atoms with Crippen LogP contribution in [0.25, 0.3) is 0 Å². The third kappa shape index (κ3) is 2.99. The number of esters is 1. The van der Waals surface area contributed by atoms with Gasteiger partial charge in [-0.25, -0.2) is 9.18 Å². The number of alkyl halides is 3. The first-order valence-corrected chi connectivity index (χ1v) is 7.84. The van der Waals surface area contributed by atoms with E-state index in [1.807, 2.05) is 0 Å². The van der Waals surface area contributed by atoms with Gasteiger partial charge in [0.2, 0.25) is 5.82 Å². The van der Waals surface area contributed by atoms with Gasteiger partial charge >= 0.3 is 12.1 Å². The Balaban J connectivity index is 2.67. The Morgan fingerprint density at radius 2 is 1.92 bits per heavy atom. The SMILES string of the molecule is COC(=O)[C@@H]1O[C@@](C)(C(F)(F)F)[C@@H](C)[C@H]1c1cc(Br)c(F)c(F)c1O. The van der Waals surface area contributed by atoms with Crippen LogP contribution in [0, 0.1) is 17.6 Å². The standard InChI is InChI=1S/C15H14BrF5O4/c1-5-8(6-4-7(16)9(17)10(18)11(6)22)12(13(23)24-3)25-14(5,2)15(19,20)21/h4-5,8,12,22H,1-3H3/t5-,8-,12+,14+/m0/s1. The average Bonchev–Trinajstić information content (AvgIpc) is 2.81. The minimum Gasteiger partial charge on any atom is -0.505 e. The van der Waals surface area contributed by atoms with Gasteiger partial charge in [0.15, 0.2) is 23.3 Å². The Bertz CT molecular complexity index is 708. The van der Waals surface area contributed by atoms with E-state index in [9.17, 15) is 31.9 Å². The molecule has 0 unspecified atom stereocenters. The molecule has 1 N–H and O–H groups in total. The van der Waals surface area contributed by atoms with Gasteiger partial charge in [-0.1, -0.05) is 6.92 Å². The maximum Gasteiger partial charge on any atom is 0.417 e. The number of methoxy groups -OCH3 is 1. The van der Waals surface area contributed by atoms with Gasteiger partial charge in [0.25, 0.3) is 0 Å². The Morgan fingerprint density at radius 1 is 1.36 bits per heavy atom. The summed E-state index contributed by atoms with van der Waals surface area (Å²) in [5, 5.41) is 9.90. The van der Waals surface area contributed by atoms with E-state index in [2.05, 4.69) is 20.7 Å². The predicted molar refractivity (Wildman–Crippen MR) is 79.0 cm³/mol. The number of carbonyl (C=O) groups excluding carboxylic acids is 1. The van der Waals surface area contributed by atoms with Crippen molar-refractivity contribution >= 4 is 21.9 Å². The topological polar surface area (TPSA) is 55.8 Å². The molecule has 1 aliphatic rings. The summed E-state index contributed by atoms with van der Waals surface area (Å²) < 4.78 is 76.8. The number of halogens is 6. The summed E-state index contributed by atoms with van der Waals surface area (Å²) in [6.45, 7) is 1.90. The Kier molecular flexibility index (Phi) is 5.08. The molecule has 25 heavy (non-hydrogen) atoms. The molecule has 0 aliphatic carbocycles. The summed E-state index contributed by atoms with van der Waals surface area (Å²) in [5.41, 5.74) is -3.14. The lowest BCUT2D eigenvalue weighted by atomic mass is 9.77. The van der Waals surface area contributed by atoms with E-state index >= 15 is 0 Å². The highest BCUT2D eigenvalue weighted by Gasteiger charge is 2.66. The van der Waals surface area contributed by atoms with Crippen LogP contribution in [-0.2, 0) is 14.3 Å². The van der Waals surface area contributed by atoms with Crippen LogP contribution in [0.2, 0.25) is 0 Å². The average molecular weight is 433 g/mol. The Labute approximate surface area is 148 Å². The zero-order valence-corrected chi connectivity index (χ0v) is 14.8. The van der Waals surface area contributed by atoms with Crippen molar-refractivity contribution < 1.29 is 41.3 Å². The Morgan fingerprint density at radius 3 is 2.40 bits per heavy atom. The number of carbonyl (C=O) groups is 1. The number of hydrogen-bond donors (Lipinski definition) is 1.